The van der Waals surface area contributed by atoms with E-state index in [1.54, 1.807) is 17.0 Å². The molecule has 1 aliphatic heterocycles. The zero-order chi connectivity index (χ0) is 17.8. The molecule has 1 N–H and O–H groups in total. The number of carbonyl (C=O) groups excluding carboxylic acids is 2. The van der Waals surface area contributed by atoms with Crippen molar-refractivity contribution in [3.8, 4) is 0 Å². The number of benzene rings is 1. The van der Waals surface area contributed by atoms with Crippen molar-refractivity contribution >= 4 is 11.8 Å². The Morgan fingerprint density at radius 3 is 2.48 bits per heavy atom. The molecule has 1 aromatic rings. The molecule has 0 spiro atoms. The Hall–Kier alpha value is -1.95. The molecule has 6 heteroatoms. The number of rotatable bonds is 4. The first kappa shape index (κ1) is 17.9. The predicted molar refractivity (Wildman–Crippen MR) is 93.7 cm³/mol. The summed E-state index contributed by atoms with van der Waals surface area (Å²) in [6.07, 6.45) is 4.54. The first-order valence-electron chi connectivity index (χ1n) is 9.14. The van der Waals surface area contributed by atoms with Crippen LogP contribution < -0.4 is 5.32 Å². The molecule has 1 saturated carbocycles. The highest BCUT2D eigenvalue weighted by molar-refractivity contribution is 5.94. The van der Waals surface area contributed by atoms with Gasteiger partial charge < -0.3 is 10.2 Å². The molecule has 0 bridgehead atoms. The number of nitrogens with one attached hydrogen (secondary N) is 1. The molecule has 1 saturated heterocycles. The van der Waals surface area contributed by atoms with Crippen LogP contribution in [0.2, 0.25) is 0 Å². The van der Waals surface area contributed by atoms with Crippen molar-refractivity contribution < 1.29 is 14.0 Å². The summed E-state index contributed by atoms with van der Waals surface area (Å²) in [6.45, 7) is 4.34. The molecule has 2 fully saturated rings. The molecular formula is C19H26FN3O2. The monoisotopic (exact) mass is 347 g/mol. The minimum Gasteiger partial charge on any atom is -0.352 e. The molecule has 1 atom stereocenters. The van der Waals surface area contributed by atoms with E-state index in [9.17, 15) is 14.0 Å². The van der Waals surface area contributed by atoms with Crippen LogP contribution in [0.4, 0.5) is 4.39 Å². The SMILES string of the molecule is CC(C(=O)NC1CCCC1)N1CCN(C(=O)c2cccc(F)c2)CC1. The van der Waals surface area contributed by atoms with E-state index >= 15 is 0 Å². The van der Waals surface area contributed by atoms with Crippen molar-refractivity contribution in [3.63, 3.8) is 0 Å². The zero-order valence-electron chi connectivity index (χ0n) is 14.7. The van der Waals surface area contributed by atoms with Gasteiger partial charge in [0, 0.05) is 37.8 Å². The fourth-order valence-electron chi connectivity index (χ4n) is 3.67. The van der Waals surface area contributed by atoms with Gasteiger partial charge in [0.2, 0.25) is 5.91 Å². The lowest BCUT2D eigenvalue weighted by Gasteiger charge is -2.37. The molecular weight excluding hydrogens is 321 g/mol. The Morgan fingerprint density at radius 2 is 1.84 bits per heavy atom. The van der Waals surface area contributed by atoms with Crippen molar-refractivity contribution in [3.05, 3.63) is 35.6 Å². The summed E-state index contributed by atoms with van der Waals surface area (Å²) in [6, 6.07) is 5.92. The van der Waals surface area contributed by atoms with Gasteiger partial charge >= 0.3 is 0 Å². The number of hydrogen-bond acceptors (Lipinski definition) is 3. The third-order valence-corrected chi connectivity index (χ3v) is 5.30. The lowest BCUT2D eigenvalue weighted by molar-refractivity contribution is -0.127. The zero-order valence-corrected chi connectivity index (χ0v) is 14.7. The first-order valence-corrected chi connectivity index (χ1v) is 9.14. The second-order valence-electron chi connectivity index (χ2n) is 7.00. The quantitative estimate of drug-likeness (QED) is 0.907. The smallest absolute Gasteiger partial charge is 0.254 e. The van der Waals surface area contributed by atoms with Crippen LogP contribution in [0.5, 0.6) is 0 Å². The highest BCUT2D eigenvalue weighted by atomic mass is 19.1. The van der Waals surface area contributed by atoms with Gasteiger partial charge in [0.05, 0.1) is 6.04 Å². The maximum atomic E-state index is 13.3. The van der Waals surface area contributed by atoms with Crippen LogP contribution in [0.3, 0.4) is 0 Å². The van der Waals surface area contributed by atoms with Gasteiger partial charge in [-0.15, -0.1) is 0 Å². The minimum atomic E-state index is -0.401. The van der Waals surface area contributed by atoms with Crippen LogP contribution >= 0.6 is 0 Å². The molecule has 5 nitrogen and oxygen atoms in total. The van der Waals surface area contributed by atoms with Gasteiger partial charge in [-0.25, -0.2) is 4.39 Å². The maximum Gasteiger partial charge on any atom is 0.254 e. The molecule has 1 unspecified atom stereocenters. The van der Waals surface area contributed by atoms with E-state index in [4.69, 9.17) is 0 Å². The first-order chi connectivity index (χ1) is 12.0. The average Bonchev–Trinajstić information content (AvgIpc) is 3.13. The fourth-order valence-corrected chi connectivity index (χ4v) is 3.67. The van der Waals surface area contributed by atoms with Crippen LogP contribution in [0.25, 0.3) is 0 Å². The van der Waals surface area contributed by atoms with Crippen LogP contribution in [-0.2, 0) is 4.79 Å². The number of halogens is 1. The highest BCUT2D eigenvalue weighted by Crippen LogP contribution is 2.18. The summed E-state index contributed by atoms with van der Waals surface area (Å²) < 4.78 is 13.3. The molecule has 2 amide bonds. The lowest BCUT2D eigenvalue weighted by Crippen LogP contribution is -2.55. The van der Waals surface area contributed by atoms with E-state index in [1.807, 2.05) is 6.92 Å². The molecule has 136 valence electrons. The van der Waals surface area contributed by atoms with Crippen molar-refractivity contribution in [2.45, 2.75) is 44.7 Å². The predicted octanol–water partition coefficient (Wildman–Crippen LogP) is 2.03. The molecule has 25 heavy (non-hydrogen) atoms. The number of carbonyl (C=O) groups is 2. The van der Waals surface area contributed by atoms with Crippen molar-refractivity contribution in [2.75, 3.05) is 26.2 Å². The van der Waals surface area contributed by atoms with Gasteiger partial charge in [0.1, 0.15) is 5.82 Å². The van der Waals surface area contributed by atoms with Gasteiger partial charge in [0.15, 0.2) is 0 Å². The molecule has 2 aliphatic rings. The van der Waals surface area contributed by atoms with Gasteiger partial charge in [0.25, 0.3) is 5.91 Å². The van der Waals surface area contributed by atoms with Gasteiger partial charge in [-0.2, -0.15) is 0 Å². The third-order valence-electron chi connectivity index (χ3n) is 5.30. The van der Waals surface area contributed by atoms with Crippen LogP contribution in [-0.4, -0.2) is 59.9 Å². The van der Waals surface area contributed by atoms with E-state index in [2.05, 4.69) is 10.2 Å². The van der Waals surface area contributed by atoms with E-state index in [-0.39, 0.29) is 17.9 Å². The Balaban J connectivity index is 1.50. The van der Waals surface area contributed by atoms with Crippen LogP contribution in [0.15, 0.2) is 24.3 Å². The number of hydrogen-bond donors (Lipinski definition) is 1. The molecule has 1 aliphatic carbocycles. The van der Waals surface area contributed by atoms with Gasteiger partial charge in [-0.05, 0) is 38.0 Å². The van der Waals surface area contributed by atoms with Crippen molar-refractivity contribution in [2.24, 2.45) is 0 Å². The average molecular weight is 347 g/mol. The Bertz CT molecular complexity index is 623. The summed E-state index contributed by atoms with van der Waals surface area (Å²) >= 11 is 0. The van der Waals surface area contributed by atoms with Crippen LogP contribution in [0.1, 0.15) is 43.0 Å². The molecule has 3 rings (SSSR count). The topological polar surface area (TPSA) is 52.7 Å². The lowest BCUT2D eigenvalue weighted by atomic mass is 10.1. The van der Waals surface area contributed by atoms with Crippen LogP contribution in [0, 0.1) is 5.82 Å². The Kier molecular flexibility index (Phi) is 5.68. The summed E-state index contributed by atoms with van der Waals surface area (Å²) in [5, 5.41) is 3.14. The standard InChI is InChI=1S/C19H26FN3O2/c1-14(18(24)21-17-7-2-3-8-17)22-9-11-23(12-10-22)19(25)15-5-4-6-16(20)13-15/h4-6,13-14,17H,2-3,7-12H2,1H3,(H,21,24). The minimum absolute atomic E-state index is 0.0804. The van der Waals surface area contributed by atoms with Gasteiger partial charge in [-0.3, -0.25) is 14.5 Å². The van der Waals surface area contributed by atoms with E-state index in [0.717, 1.165) is 12.8 Å². The third kappa shape index (κ3) is 4.37. The summed E-state index contributed by atoms with van der Waals surface area (Å²) in [7, 11) is 0. The molecule has 1 aromatic carbocycles. The Morgan fingerprint density at radius 1 is 1.16 bits per heavy atom. The largest absolute Gasteiger partial charge is 0.352 e. The van der Waals surface area contributed by atoms with E-state index < -0.39 is 5.82 Å². The molecule has 0 radical (unpaired) electrons. The molecule has 1 heterocycles. The fraction of sp³-hybridized carbons (Fsp3) is 0.579. The number of nitrogens with zero attached hydrogens (tertiary/aromatic N) is 2. The second kappa shape index (κ2) is 7.95. The number of piperazine rings is 1. The van der Waals surface area contributed by atoms with Crippen molar-refractivity contribution in [1.29, 1.82) is 0 Å². The Labute approximate surface area is 148 Å². The normalized spacial score (nSPS) is 20.5. The van der Waals surface area contributed by atoms with Gasteiger partial charge in [-0.1, -0.05) is 18.9 Å². The highest BCUT2D eigenvalue weighted by Gasteiger charge is 2.29. The van der Waals surface area contributed by atoms with E-state index in [0.29, 0.717) is 37.8 Å². The van der Waals surface area contributed by atoms with E-state index in [1.165, 1.54) is 25.0 Å². The summed E-state index contributed by atoms with van der Waals surface area (Å²) in [5.41, 5.74) is 0.375. The summed E-state index contributed by atoms with van der Waals surface area (Å²) in [5.74, 6) is -0.472. The second-order valence-corrected chi connectivity index (χ2v) is 7.00. The maximum absolute atomic E-state index is 13.3. The van der Waals surface area contributed by atoms with Crippen molar-refractivity contribution in [1.82, 2.24) is 15.1 Å². The molecule has 0 aromatic heterocycles. The number of amides is 2. The summed E-state index contributed by atoms with van der Waals surface area (Å²) in [4.78, 5) is 28.7.